The lowest BCUT2D eigenvalue weighted by atomic mass is 10.0. The number of aromatic nitrogens is 2. The number of nitrogens with one attached hydrogen (secondary N) is 2. The zero-order valence-electron chi connectivity index (χ0n) is 10.8. The molecule has 0 spiro atoms. The van der Waals surface area contributed by atoms with E-state index in [-0.39, 0.29) is 5.82 Å². The van der Waals surface area contributed by atoms with Gasteiger partial charge in [-0.2, -0.15) is 0 Å². The third-order valence-corrected chi connectivity index (χ3v) is 3.25. The first kappa shape index (κ1) is 13.3. The Morgan fingerprint density at radius 2 is 1.43 bits per heavy atom. The molecular weight excluding hydrogens is 275 g/mol. The Labute approximate surface area is 117 Å². The number of rotatable bonds is 2. The second-order valence-electron chi connectivity index (χ2n) is 4.67. The van der Waals surface area contributed by atoms with Gasteiger partial charge < -0.3 is 15.1 Å². The fourth-order valence-corrected chi connectivity index (χ4v) is 2.14. The van der Waals surface area contributed by atoms with Gasteiger partial charge in [0, 0.05) is 0 Å². The highest BCUT2D eigenvalue weighted by atomic mass is 19.1. The van der Waals surface area contributed by atoms with E-state index in [9.17, 15) is 19.1 Å². The van der Waals surface area contributed by atoms with E-state index in [1.807, 2.05) is 0 Å². The molecule has 1 aromatic heterocycles. The van der Waals surface area contributed by atoms with E-state index in [1.165, 1.54) is 24.3 Å². The van der Waals surface area contributed by atoms with Crippen molar-refractivity contribution >= 4 is 11.0 Å². The predicted octanol–water partition coefficient (Wildman–Crippen LogP) is 1.44. The second kappa shape index (κ2) is 4.99. The van der Waals surface area contributed by atoms with Gasteiger partial charge in [-0.15, -0.1) is 0 Å². The summed E-state index contributed by atoms with van der Waals surface area (Å²) in [4.78, 5) is 27.4. The Morgan fingerprint density at radius 1 is 0.857 bits per heavy atom. The van der Waals surface area contributed by atoms with Gasteiger partial charge in [0.05, 0.1) is 11.0 Å². The third kappa shape index (κ3) is 2.48. The number of benzene rings is 2. The molecule has 0 amide bonds. The summed E-state index contributed by atoms with van der Waals surface area (Å²) in [5.74, 6) is -0.383. The molecule has 1 atom stereocenters. The minimum atomic E-state index is -0.953. The molecule has 5 nitrogen and oxygen atoms in total. The summed E-state index contributed by atoms with van der Waals surface area (Å²) in [5.41, 5.74) is 0.456. The number of hydrogen-bond acceptors (Lipinski definition) is 3. The minimum Gasteiger partial charge on any atom is -0.384 e. The number of halogens is 1. The third-order valence-electron chi connectivity index (χ3n) is 3.25. The Kier molecular flexibility index (Phi) is 3.15. The standard InChI is InChI=1S/C15H11FN2O3/c16-10-4-1-8(2-5-10)13(19)9-3-6-11-12(7-9)18-15(21)14(20)17-11/h1-7,13,19H,(H,17,20)(H,18,21). The van der Waals surface area contributed by atoms with Crippen LogP contribution in [0.4, 0.5) is 4.39 Å². The van der Waals surface area contributed by atoms with Gasteiger partial charge in [0.15, 0.2) is 0 Å². The number of aromatic amines is 2. The first-order chi connectivity index (χ1) is 10.0. The van der Waals surface area contributed by atoms with E-state index in [0.29, 0.717) is 22.2 Å². The van der Waals surface area contributed by atoms with Crippen molar-refractivity contribution in [3.05, 3.63) is 80.1 Å². The molecule has 0 aliphatic rings. The van der Waals surface area contributed by atoms with E-state index < -0.39 is 17.2 Å². The molecule has 0 saturated carbocycles. The van der Waals surface area contributed by atoms with Crippen LogP contribution in [-0.2, 0) is 0 Å². The maximum atomic E-state index is 12.9. The van der Waals surface area contributed by atoms with Gasteiger partial charge in [0.2, 0.25) is 0 Å². The lowest BCUT2D eigenvalue weighted by molar-refractivity contribution is 0.220. The zero-order valence-corrected chi connectivity index (χ0v) is 10.8. The Morgan fingerprint density at radius 3 is 2.10 bits per heavy atom. The molecule has 1 unspecified atom stereocenters. The van der Waals surface area contributed by atoms with Gasteiger partial charge in [0.1, 0.15) is 11.9 Å². The Bertz CT molecular complexity index is 913. The summed E-state index contributed by atoms with van der Waals surface area (Å²) in [5, 5.41) is 10.3. The van der Waals surface area contributed by atoms with Crippen LogP contribution in [0.3, 0.4) is 0 Å². The smallest absolute Gasteiger partial charge is 0.314 e. The second-order valence-corrected chi connectivity index (χ2v) is 4.67. The topological polar surface area (TPSA) is 85.9 Å². The number of H-pyrrole nitrogens is 2. The fraction of sp³-hybridized carbons (Fsp3) is 0.0667. The van der Waals surface area contributed by atoms with Gasteiger partial charge in [-0.1, -0.05) is 18.2 Å². The maximum Gasteiger partial charge on any atom is 0.314 e. The molecule has 21 heavy (non-hydrogen) atoms. The van der Waals surface area contributed by atoms with Crippen LogP contribution in [0.5, 0.6) is 0 Å². The van der Waals surface area contributed by atoms with Crippen LogP contribution < -0.4 is 11.1 Å². The van der Waals surface area contributed by atoms with Crippen molar-refractivity contribution in [1.82, 2.24) is 9.97 Å². The maximum absolute atomic E-state index is 12.9. The van der Waals surface area contributed by atoms with Crippen molar-refractivity contribution in [3.63, 3.8) is 0 Å². The minimum absolute atomic E-state index is 0.383. The highest BCUT2D eigenvalue weighted by molar-refractivity contribution is 5.74. The number of aliphatic hydroxyl groups is 1. The van der Waals surface area contributed by atoms with Gasteiger partial charge in [-0.25, -0.2) is 4.39 Å². The molecule has 2 aromatic carbocycles. The van der Waals surface area contributed by atoms with E-state index in [1.54, 1.807) is 18.2 Å². The van der Waals surface area contributed by atoms with E-state index in [2.05, 4.69) is 9.97 Å². The average molecular weight is 286 g/mol. The van der Waals surface area contributed by atoms with Gasteiger partial charge in [-0.3, -0.25) is 9.59 Å². The van der Waals surface area contributed by atoms with Crippen LogP contribution in [-0.4, -0.2) is 15.1 Å². The lowest BCUT2D eigenvalue weighted by Crippen LogP contribution is -2.28. The van der Waals surface area contributed by atoms with Crippen LogP contribution in [0.2, 0.25) is 0 Å². The molecule has 0 radical (unpaired) electrons. The SMILES string of the molecule is O=c1[nH]c2ccc(C(O)c3ccc(F)cc3)cc2[nH]c1=O. The van der Waals surface area contributed by atoms with E-state index in [0.717, 1.165) is 0 Å². The summed E-state index contributed by atoms with van der Waals surface area (Å²) in [6.07, 6.45) is -0.953. The van der Waals surface area contributed by atoms with Gasteiger partial charge in [0.25, 0.3) is 0 Å². The summed E-state index contributed by atoms with van der Waals surface area (Å²) in [7, 11) is 0. The molecule has 0 aliphatic carbocycles. The van der Waals surface area contributed by atoms with Crippen LogP contribution in [0, 0.1) is 5.82 Å². The molecule has 1 heterocycles. The first-order valence-electron chi connectivity index (χ1n) is 6.24. The Hall–Kier alpha value is -2.73. The zero-order chi connectivity index (χ0) is 15.0. The largest absolute Gasteiger partial charge is 0.384 e. The predicted molar refractivity (Wildman–Crippen MR) is 75.7 cm³/mol. The van der Waals surface area contributed by atoms with Crippen molar-refractivity contribution in [2.75, 3.05) is 0 Å². The number of fused-ring (bicyclic) bond motifs is 1. The number of hydrogen-bond donors (Lipinski definition) is 3. The van der Waals surface area contributed by atoms with Gasteiger partial charge >= 0.3 is 11.1 Å². The first-order valence-corrected chi connectivity index (χ1v) is 6.24. The number of aliphatic hydroxyl groups excluding tert-OH is 1. The molecule has 106 valence electrons. The molecule has 0 saturated heterocycles. The van der Waals surface area contributed by atoms with Crippen molar-refractivity contribution in [1.29, 1.82) is 0 Å². The van der Waals surface area contributed by atoms with Crippen LogP contribution in [0.15, 0.2) is 52.1 Å². The average Bonchev–Trinajstić information content (AvgIpc) is 2.48. The summed E-state index contributed by atoms with van der Waals surface area (Å²) in [6.45, 7) is 0. The summed E-state index contributed by atoms with van der Waals surface area (Å²) < 4.78 is 12.9. The van der Waals surface area contributed by atoms with Gasteiger partial charge in [-0.05, 0) is 35.4 Å². The summed E-state index contributed by atoms with van der Waals surface area (Å²) >= 11 is 0. The molecule has 3 N–H and O–H groups in total. The van der Waals surface area contributed by atoms with Crippen LogP contribution >= 0.6 is 0 Å². The molecule has 3 rings (SSSR count). The molecule has 0 bridgehead atoms. The molecular formula is C15H11FN2O3. The quantitative estimate of drug-likeness (QED) is 0.623. The van der Waals surface area contributed by atoms with Crippen LogP contribution in [0.1, 0.15) is 17.2 Å². The van der Waals surface area contributed by atoms with Crippen molar-refractivity contribution in [2.24, 2.45) is 0 Å². The van der Waals surface area contributed by atoms with E-state index >= 15 is 0 Å². The molecule has 3 aromatic rings. The molecule has 6 heteroatoms. The normalized spacial score (nSPS) is 12.5. The molecule has 0 aliphatic heterocycles. The highest BCUT2D eigenvalue weighted by Gasteiger charge is 2.11. The molecule has 0 fully saturated rings. The summed E-state index contributed by atoms with van der Waals surface area (Å²) in [6, 6.07) is 10.3. The van der Waals surface area contributed by atoms with Crippen LogP contribution in [0.25, 0.3) is 11.0 Å². The monoisotopic (exact) mass is 286 g/mol. The van der Waals surface area contributed by atoms with Crippen molar-refractivity contribution in [3.8, 4) is 0 Å². The lowest BCUT2D eigenvalue weighted by Gasteiger charge is -2.12. The van der Waals surface area contributed by atoms with E-state index in [4.69, 9.17) is 0 Å². The Balaban J connectivity index is 2.08. The fourth-order valence-electron chi connectivity index (χ4n) is 2.14. The highest BCUT2D eigenvalue weighted by Crippen LogP contribution is 2.23. The van der Waals surface area contributed by atoms with Crippen molar-refractivity contribution in [2.45, 2.75) is 6.10 Å². The van der Waals surface area contributed by atoms with Crippen molar-refractivity contribution < 1.29 is 9.50 Å².